The third kappa shape index (κ3) is 2.08. The van der Waals surface area contributed by atoms with Crippen molar-refractivity contribution in [1.29, 1.82) is 0 Å². The van der Waals surface area contributed by atoms with Gasteiger partial charge in [-0.1, -0.05) is 0 Å². The minimum absolute atomic E-state index is 0.0259. The lowest BCUT2D eigenvalue weighted by Crippen LogP contribution is -2.05. The van der Waals surface area contributed by atoms with Gasteiger partial charge in [0.2, 0.25) is 0 Å². The molecular formula is C9H9F2N5. The first-order valence-corrected chi connectivity index (χ1v) is 4.49. The van der Waals surface area contributed by atoms with Crippen molar-refractivity contribution in [3.8, 4) is 0 Å². The van der Waals surface area contributed by atoms with E-state index in [4.69, 9.17) is 5.73 Å². The molecule has 0 aliphatic rings. The van der Waals surface area contributed by atoms with Crippen molar-refractivity contribution in [3.63, 3.8) is 0 Å². The van der Waals surface area contributed by atoms with E-state index < -0.39 is 11.6 Å². The van der Waals surface area contributed by atoms with Crippen LogP contribution in [0.1, 0.15) is 5.56 Å². The number of hydrogen-bond donors (Lipinski definition) is 3. The highest BCUT2D eigenvalue weighted by molar-refractivity contribution is 5.42. The molecule has 4 N–H and O–H groups in total. The van der Waals surface area contributed by atoms with Gasteiger partial charge in [-0.05, 0) is 0 Å². The number of hydrogen-bond acceptors (Lipinski definition) is 4. The summed E-state index contributed by atoms with van der Waals surface area (Å²) in [7, 11) is 0. The summed E-state index contributed by atoms with van der Waals surface area (Å²) in [5.74, 6) is -1.09. The Hall–Kier alpha value is -2.18. The fourth-order valence-corrected chi connectivity index (χ4v) is 1.19. The molecule has 0 aliphatic heterocycles. The van der Waals surface area contributed by atoms with Crippen LogP contribution in [0, 0.1) is 11.6 Å². The first kappa shape index (κ1) is 10.3. The fraction of sp³-hybridized carbons (Fsp3) is 0.111. The number of H-pyrrole nitrogens is 1. The predicted molar refractivity (Wildman–Crippen MR) is 54.5 cm³/mol. The summed E-state index contributed by atoms with van der Waals surface area (Å²) in [6.45, 7) is 0.262. The molecule has 0 radical (unpaired) electrons. The van der Waals surface area contributed by atoms with Crippen molar-refractivity contribution in [3.05, 3.63) is 35.7 Å². The van der Waals surface area contributed by atoms with Crippen molar-refractivity contribution in [2.24, 2.45) is 0 Å². The number of nitrogens with one attached hydrogen (secondary N) is 2. The number of pyridine rings is 1. The van der Waals surface area contributed by atoms with Gasteiger partial charge < -0.3 is 11.1 Å². The Morgan fingerprint density at radius 3 is 2.81 bits per heavy atom. The molecule has 0 spiro atoms. The Morgan fingerprint density at radius 1 is 1.38 bits per heavy atom. The maximum Gasteiger partial charge on any atom is 0.168 e. The Balaban J connectivity index is 2.08. The normalized spacial score (nSPS) is 10.4. The third-order valence-electron chi connectivity index (χ3n) is 2.01. The van der Waals surface area contributed by atoms with Gasteiger partial charge in [-0.15, -0.1) is 0 Å². The molecule has 5 nitrogen and oxygen atoms in total. The Bertz CT molecular complexity index is 496. The summed E-state index contributed by atoms with van der Waals surface area (Å²) in [6.07, 6.45) is 2.45. The number of nitrogens with zero attached hydrogens (tertiary/aromatic N) is 2. The zero-order chi connectivity index (χ0) is 11.5. The van der Waals surface area contributed by atoms with Gasteiger partial charge in [-0.2, -0.15) is 5.10 Å². The molecule has 2 rings (SSSR count). The van der Waals surface area contributed by atoms with Crippen LogP contribution >= 0.6 is 0 Å². The van der Waals surface area contributed by atoms with E-state index in [9.17, 15) is 8.78 Å². The van der Waals surface area contributed by atoms with E-state index in [1.807, 2.05) is 0 Å². The van der Waals surface area contributed by atoms with Crippen LogP contribution in [0.15, 0.2) is 18.5 Å². The largest absolute Gasteiger partial charge is 0.384 e. The molecule has 0 aliphatic carbocycles. The van der Waals surface area contributed by atoms with Crippen LogP contribution in [-0.4, -0.2) is 15.2 Å². The maximum absolute atomic E-state index is 13.2. The number of anilines is 2. The minimum Gasteiger partial charge on any atom is -0.384 e. The van der Waals surface area contributed by atoms with Crippen LogP contribution in [0.25, 0.3) is 0 Å². The van der Waals surface area contributed by atoms with Gasteiger partial charge in [0.1, 0.15) is 11.6 Å². The highest BCUT2D eigenvalue weighted by Crippen LogP contribution is 2.13. The maximum atomic E-state index is 13.2. The van der Waals surface area contributed by atoms with Crippen LogP contribution in [0.5, 0.6) is 0 Å². The summed E-state index contributed by atoms with van der Waals surface area (Å²) < 4.78 is 25.7. The lowest BCUT2D eigenvalue weighted by Gasteiger charge is -2.05. The van der Waals surface area contributed by atoms with Crippen LogP contribution in [0.4, 0.5) is 20.4 Å². The number of nitrogens with two attached hydrogens (primary N) is 1. The lowest BCUT2D eigenvalue weighted by molar-refractivity contribution is 0.575. The third-order valence-corrected chi connectivity index (χ3v) is 2.01. The first-order valence-electron chi connectivity index (χ1n) is 4.49. The van der Waals surface area contributed by atoms with Crippen LogP contribution in [0.2, 0.25) is 0 Å². The van der Waals surface area contributed by atoms with Gasteiger partial charge in [-0.25, -0.2) is 13.8 Å². The molecule has 2 heterocycles. The number of aromatic nitrogens is 3. The zero-order valence-electron chi connectivity index (χ0n) is 8.17. The molecule has 7 heteroatoms. The van der Waals surface area contributed by atoms with Crippen molar-refractivity contribution >= 4 is 11.6 Å². The lowest BCUT2D eigenvalue weighted by atomic mass is 10.3. The number of nitrogen functional groups attached to an aromatic ring is 1. The van der Waals surface area contributed by atoms with Crippen molar-refractivity contribution < 1.29 is 8.78 Å². The van der Waals surface area contributed by atoms with Crippen LogP contribution in [-0.2, 0) is 6.54 Å². The van der Waals surface area contributed by atoms with Gasteiger partial charge in [0, 0.05) is 18.2 Å². The van der Waals surface area contributed by atoms with E-state index in [2.05, 4.69) is 20.5 Å². The van der Waals surface area contributed by atoms with Crippen molar-refractivity contribution in [2.45, 2.75) is 6.54 Å². The molecule has 0 unspecified atom stereocenters. The second-order valence-corrected chi connectivity index (χ2v) is 3.15. The summed E-state index contributed by atoms with van der Waals surface area (Å²) in [6, 6.07) is 0.758. The molecular weight excluding hydrogens is 216 g/mol. The molecule has 0 saturated carbocycles. The number of aromatic amines is 1. The second-order valence-electron chi connectivity index (χ2n) is 3.15. The van der Waals surface area contributed by atoms with E-state index in [0.29, 0.717) is 11.4 Å². The summed E-state index contributed by atoms with van der Waals surface area (Å²) in [5.41, 5.74) is 6.22. The van der Waals surface area contributed by atoms with Gasteiger partial charge >= 0.3 is 0 Å². The molecule has 0 bridgehead atoms. The highest BCUT2D eigenvalue weighted by atomic mass is 19.1. The first-order chi connectivity index (χ1) is 7.66. The van der Waals surface area contributed by atoms with E-state index in [0.717, 1.165) is 12.3 Å². The molecule has 0 saturated heterocycles. The number of rotatable bonds is 3. The van der Waals surface area contributed by atoms with E-state index in [1.165, 1.54) is 6.20 Å². The van der Waals surface area contributed by atoms with Gasteiger partial charge in [-0.3, -0.25) is 5.10 Å². The summed E-state index contributed by atoms with van der Waals surface area (Å²) >= 11 is 0. The molecule has 2 aromatic rings. The standard InChI is InChI=1S/C9H9F2N5/c10-6-1-7(11)9(14-4-6)13-2-5-3-15-16-8(5)12/h1,3-4H,2H2,(H,13,14)(H3,12,15,16). The summed E-state index contributed by atoms with van der Waals surface area (Å²) in [5, 5.41) is 8.94. The predicted octanol–water partition coefficient (Wildman–Crippen LogP) is 1.28. The zero-order valence-corrected chi connectivity index (χ0v) is 8.17. The van der Waals surface area contributed by atoms with Crippen molar-refractivity contribution in [2.75, 3.05) is 11.1 Å². The second kappa shape index (κ2) is 4.13. The highest BCUT2D eigenvalue weighted by Gasteiger charge is 2.06. The average molecular weight is 225 g/mol. The molecule has 0 fully saturated rings. The SMILES string of the molecule is Nc1[nH]ncc1CNc1ncc(F)cc1F. The topological polar surface area (TPSA) is 79.6 Å². The molecule has 0 atom stereocenters. The molecule has 16 heavy (non-hydrogen) atoms. The smallest absolute Gasteiger partial charge is 0.168 e. The van der Waals surface area contributed by atoms with E-state index >= 15 is 0 Å². The van der Waals surface area contributed by atoms with Crippen molar-refractivity contribution in [1.82, 2.24) is 15.2 Å². The molecule has 0 aromatic carbocycles. The number of halogens is 2. The Labute approximate surface area is 89.7 Å². The Morgan fingerprint density at radius 2 is 2.19 bits per heavy atom. The molecule has 2 aromatic heterocycles. The fourth-order valence-electron chi connectivity index (χ4n) is 1.19. The quantitative estimate of drug-likeness (QED) is 0.735. The minimum atomic E-state index is -0.748. The summed E-state index contributed by atoms with van der Waals surface area (Å²) in [4.78, 5) is 3.57. The average Bonchev–Trinajstić information content (AvgIpc) is 2.63. The molecule has 0 amide bonds. The van der Waals surface area contributed by atoms with Gasteiger partial charge in [0.15, 0.2) is 11.6 Å². The van der Waals surface area contributed by atoms with Crippen LogP contribution < -0.4 is 11.1 Å². The van der Waals surface area contributed by atoms with Gasteiger partial charge in [0.05, 0.1) is 12.4 Å². The van der Waals surface area contributed by atoms with Gasteiger partial charge in [0.25, 0.3) is 0 Å². The monoisotopic (exact) mass is 225 g/mol. The van der Waals surface area contributed by atoms with E-state index in [1.54, 1.807) is 0 Å². The van der Waals surface area contributed by atoms with Crippen LogP contribution in [0.3, 0.4) is 0 Å². The molecule has 84 valence electrons. The Kier molecular flexibility index (Phi) is 2.67. The van der Waals surface area contributed by atoms with E-state index in [-0.39, 0.29) is 12.4 Å².